The van der Waals surface area contributed by atoms with Gasteiger partial charge in [-0.15, -0.1) is 0 Å². The molecule has 0 bridgehead atoms. The third-order valence-corrected chi connectivity index (χ3v) is 3.77. The molecule has 4 rings (SSSR count). The number of fused-ring (bicyclic) bond motifs is 3. The molecule has 0 saturated heterocycles. The molecule has 0 amide bonds. The molecule has 1 aromatic carbocycles. The van der Waals surface area contributed by atoms with Crippen LogP contribution in [0.15, 0.2) is 64.3 Å². The van der Waals surface area contributed by atoms with Crippen LogP contribution in [0, 0.1) is 0 Å². The first-order chi connectivity index (χ1) is 8.43. The second-order valence-electron chi connectivity index (χ2n) is 4.74. The van der Waals surface area contributed by atoms with Crippen molar-refractivity contribution in [3.63, 3.8) is 0 Å². The molecule has 0 unspecified atom stereocenters. The van der Waals surface area contributed by atoms with Crippen molar-refractivity contribution in [2.45, 2.75) is 19.3 Å². The van der Waals surface area contributed by atoms with E-state index in [-0.39, 0.29) is 0 Å². The molecule has 0 saturated carbocycles. The Morgan fingerprint density at radius 2 is 2.00 bits per heavy atom. The molecule has 3 aliphatic rings. The van der Waals surface area contributed by atoms with E-state index in [9.17, 15) is 0 Å². The van der Waals surface area contributed by atoms with Crippen molar-refractivity contribution in [1.82, 2.24) is 0 Å². The number of para-hydroxylation sites is 1. The minimum atomic E-state index is 1.03. The zero-order chi connectivity index (χ0) is 11.2. The number of rotatable bonds is 0. The summed E-state index contributed by atoms with van der Waals surface area (Å²) >= 11 is 0. The molecule has 0 fully saturated rings. The van der Waals surface area contributed by atoms with Crippen LogP contribution in [-0.4, -0.2) is 0 Å². The molecular weight excluding hydrogens is 206 g/mol. The molecule has 17 heavy (non-hydrogen) atoms. The summed E-state index contributed by atoms with van der Waals surface area (Å²) < 4.78 is 0. The smallest absolute Gasteiger partial charge is 0.0717 e. The van der Waals surface area contributed by atoms with Gasteiger partial charge in [0, 0.05) is 5.22 Å². The van der Waals surface area contributed by atoms with E-state index in [1.54, 1.807) is 0 Å². The fourth-order valence-electron chi connectivity index (χ4n) is 2.94. The maximum Gasteiger partial charge on any atom is 0.0717 e. The van der Waals surface area contributed by atoms with Crippen LogP contribution in [0.25, 0.3) is 5.57 Å². The van der Waals surface area contributed by atoms with Crippen LogP contribution in [0.5, 0.6) is 0 Å². The molecule has 0 atom stereocenters. The monoisotopic (exact) mass is 219 g/mol. The molecule has 82 valence electrons. The van der Waals surface area contributed by atoms with Crippen molar-refractivity contribution >= 4 is 5.57 Å². The maximum absolute atomic E-state index is 4.83. The van der Waals surface area contributed by atoms with Crippen molar-refractivity contribution in [3.05, 3.63) is 69.9 Å². The molecule has 0 spiro atoms. The molecule has 1 aromatic rings. The van der Waals surface area contributed by atoms with Gasteiger partial charge in [0.2, 0.25) is 0 Å². The zero-order valence-electron chi connectivity index (χ0n) is 9.61. The van der Waals surface area contributed by atoms with Gasteiger partial charge < -0.3 is 0 Å². The topological polar surface area (TPSA) is 12.4 Å². The molecule has 2 aliphatic carbocycles. The van der Waals surface area contributed by atoms with Crippen molar-refractivity contribution < 1.29 is 0 Å². The number of allylic oxidation sites excluding steroid dienone is 6. The Hall–Kier alpha value is -1.89. The second kappa shape index (κ2) is 3.30. The standard InChI is InChI=1S/C16H13N/c1-2-6-12-11(5-1)9-10-14-13-7-3-4-8-15(13)17-16(12)14/h1,3-5,7-9H,2,6,10H2. The fourth-order valence-corrected chi connectivity index (χ4v) is 2.94. The first-order valence-corrected chi connectivity index (χ1v) is 6.21. The van der Waals surface area contributed by atoms with Gasteiger partial charge in [-0.3, -0.25) is 0 Å². The number of hydrogen-bond donors (Lipinski definition) is 0. The van der Waals surface area contributed by atoms with E-state index in [1.165, 1.54) is 27.6 Å². The molecule has 1 heteroatoms. The third kappa shape index (κ3) is 1.22. The summed E-state index contributed by atoms with van der Waals surface area (Å²) in [6, 6.07) is 8.49. The van der Waals surface area contributed by atoms with Gasteiger partial charge in [-0.25, -0.2) is 4.99 Å². The predicted octanol–water partition coefficient (Wildman–Crippen LogP) is 2.40. The minimum Gasteiger partial charge on any atom is -0.248 e. The summed E-state index contributed by atoms with van der Waals surface area (Å²) in [5.74, 6) is 0. The summed E-state index contributed by atoms with van der Waals surface area (Å²) in [6.07, 6.45) is 10.2. The van der Waals surface area contributed by atoms with Crippen LogP contribution in [-0.2, 0) is 0 Å². The van der Waals surface area contributed by atoms with Crippen LogP contribution in [0.2, 0.25) is 0 Å². The van der Waals surface area contributed by atoms with Gasteiger partial charge >= 0.3 is 0 Å². The summed E-state index contributed by atoms with van der Waals surface area (Å²) in [6.45, 7) is 0. The molecular formula is C16H13N. The van der Waals surface area contributed by atoms with Crippen LogP contribution >= 0.6 is 0 Å². The Kier molecular flexibility index (Phi) is 1.78. The van der Waals surface area contributed by atoms with Gasteiger partial charge in [0.25, 0.3) is 0 Å². The van der Waals surface area contributed by atoms with Crippen LogP contribution in [0.4, 0.5) is 0 Å². The Bertz CT molecular complexity index is 714. The van der Waals surface area contributed by atoms with E-state index in [0.29, 0.717) is 0 Å². The average Bonchev–Trinajstić information content (AvgIpc) is 2.78. The van der Waals surface area contributed by atoms with Crippen LogP contribution in [0.3, 0.4) is 0 Å². The first-order valence-electron chi connectivity index (χ1n) is 6.21. The van der Waals surface area contributed by atoms with E-state index >= 15 is 0 Å². The maximum atomic E-state index is 4.83. The summed E-state index contributed by atoms with van der Waals surface area (Å²) in [5, 5.41) is 2.48. The number of benzene rings is 1. The van der Waals surface area contributed by atoms with Gasteiger partial charge in [-0.2, -0.15) is 0 Å². The molecule has 0 radical (unpaired) electrons. The lowest BCUT2D eigenvalue weighted by molar-refractivity contribution is 0.937. The molecule has 0 N–H and O–H groups in total. The average molecular weight is 219 g/mol. The Labute approximate surface area is 100 Å². The first kappa shape index (κ1) is 9.17. The van der Waals surface area contributed by atoms with Crippen molar-refractivity contribution in [2.75, 3.05) is 0 Å². The molecule has 1 nitrogen and oxygen atoms in total. The van der Waals surface area contributed by atoms with Gasteiger partial charge in [0.05, 0.1) is 11.1 Å². The van der Waals surface area contributed by atoms with E-state index in [2.05, 4.69) is 42.5 Å². The SMILES string of the molecule is C1=CC2=CCC3=c4ccccc4=NC3=C2CC1. The fraction of sp³-hybridized carbons (Fsp3) is 0.188. The van der Waals surface area contributed by atoms with E-state index in [0.717, 1.165) is 24.6 Å². The van der Waals surface area contributed by atoms with Gasteiger partial charge in [-0.05, 0) is 42.0 Å². The Morgan fingerprint density at radius 3 is 3.00 bits per heavy atom. The second-order valence-corrected chi connectivity index (χ2v) is 4.74. The third-order valence-electron chi connectivity index (χ3n) is 3.77. The lowest BCUT2D eigenvalue weighted by Crippen LogP contribution is -2.22. The minimum absolute atomic E-state index is 1.03. The van der Waals surface area contributed by atoms with E-state index < -0.39 is 0 Å². The van der Waals surface area contributed by atoms with E-state index in [4.69, 9.17) is 4.99 Å². The van der Waals surface area contributed by atoms with Crippen molar-refractivity contribution in [3.8, 4) is 0 Å². The van der Waals surface area contributed by atoms with Crippen LogP contribution in [0.1, 0.15) is 19.3 Å². The number of nitrogens with zero attached hydrogens (tertiary/aromatic N) is 1. The van der Waals surface area contributed by atoms with Gasteiger partial charge in [0.15, 0.2) is 0 Å². The zero-order valence-corrected chi connectivity index (χ0v) is 9.61. The van der Waals surface area contributed by atoms with E-state index in [1.807, 2.05) is 0 Å². The molecule has 0 aromatic heterocycles. The highest BCUT2D eigenvalue weighted by Gasteiger charge is 2.22. The lowest BCUT2D eigenvalue weighted by Gasteiger charge is -2.20. The largest absolute Gasteiger partial charge is 0.248 e. The summed E-state index contributed by atoms with van der Waals surface area (Å²) in [5.41, 5.74) is 5.53. The van der Waals surface area contributed by atoms with Crippen molar-refractivity contribution in [2.24, 2.45) is 4.99 Å². The van der Waals surface area contributed by atoms with Gasteiger partial charge in [-0.1, -0.05) is 36.4 Å². The number of hydrogen-bond acceptors (Lipinski definition) is 1. The van der Waals surface area contributed by atoms with Crippen molar-refractivity contribution in [1.29, 1.82) is 0 Å². The van der Waals surface area contributed by atoms with Gasteiger partial charge in [0.1, 0.15) is 0 Å². The lowest BCUT2D eigenvalue weighted by atomic mass is 9.86. The highest BCUT2D eigenvalue weighted by atomic mass is 14.8. The quantitative estimate of drug-likeness (QED) is 0.635. The Balaban J connectivity index is 2.07. The van der Waals surface area contributed by atoms with Crippen LogP contribution < -0.4 is 10.6 Å². The summed E-state index contributed by atoms with van der Waals surface area (Å²) in [4.78, 5) is 4.83. The normalized spacial score (nSPS) is 20.5. The molecule has 1 heterocycles. The summed E-state index contributed by atoms with van der Waals surface area (Å²) in [7, 11) is 0. The highest BCUT2D eigenvalue weighted by Crippen LogP contribution is 2.36. The highest BCUT2D eigenvalue weighted by molar-refractivity contribution is 5.74. The predicted molar refractivity (Wildman–Crippen MR) is 68.7 cm³/mol. The molecule has 1 aliphatic heterocycles. The Morgan fingerprint density at radius 1 is 1.06 bits per heavy atom.